The van der Waals surface area contributed by atoms with E-state index in [0.29, 0.717) is 11.8 Å². The number of hydrogen-bond acceptors (Lipinski definition) is 2. The summed E-state index contributed by atoms with van der Waals surface area (Å²) >= 11 is 0. The van der Waals surface area contributed by atoms with E-state index in [2.05, 4.69) is 23.5 Å². The fraction of sp³-hybridized carbons (Fsp3) is 0.263. The van der Waals surface area contributed by atoms with Gasteiger partial charge in [-0.15, -0.1) is 0 Å². The molecule has 0 amide bonds. The standard InChI is InChI=1S/C19H18FNO/c1-22-17-7-3-6-16-14-4-2-5-15(14)18(21-19(16)17)12-8-10-13(20)11-9-12/h2-4,6-11,14-15,18,21H,5H2,1H3/t14-,15+,18-/m1/s1. The van der Waals surface area contributed by atoms with Gasteiger partial charge in [0.15, 0.2) is 0 Å². The van der Waals surface area contributed by atoms with E-state index >= 15 is 0 Å². The minimum Gasteiger partial charge on any atom is -0.495 e. The van der Waals surface area contributed by atoms with E-state index in [1.807, 2.05) is 24.3 Å². The molecule has 2 aromatic rings. The van der Waals surface area contributed by atoms with Crippen molar-refractivity contribution >= 4 is 5.69 Å². The van der Waals surface area contributed by atoms with E-state index in [1.54, 1.807) is 7.11 Å². The average Bonchev–Trinajstić information content (AvgIpc) is 3.04. The lowest BCUT2D eigenvalue weighted by atomic mass is 9.77. The van der Waals surface area contributed by atoms with E-state index < -0.39 is 0 Å². The zero-order valence-corrected chi connectivity index (χ0v) is 12.4. The summed E-state index contributed by atoms with van der Waals surface area (Å²) in [7, 11) is 1.70. The molecule has 2 nitrogen and oxygen atoms in total. The summed E-state index contributed by atoms with van der Waals surface area (Å²) in [6.45, 7) is 0. The molecular weight excluding hydrogens is 277 g/mol. The van der Waals surface area contributed by atoms with Crippen molar-refractivity contribution in [2.75, 3.05) is 12.4 Å². The van der Waals surface area contributed by atoms with Gasteiger partial charge in [-0.25, -0.2) is 4.39 Å². The van der Waals surface area contributed by atoms with Crippen LogP contribution in [0.5, 0.6) is 5.75 Å². The van der Waals surface area contributed by atoms with Gasteiger partial charge >= 0.3 is 0 Å². The Balaban J connectivity index is 1.81. The van der Waals surface area contributed by atoms with Crippen LogP contribution in [0.25, 0.3) is 0 Å². The number of fused-ring (bicyclic) bond motifs is 3. The lowest BCUT2D eigenvalue weighted by Gasteiger charge is -2.38. The Bertz CT molecular complexity index is 723. The predicted octanol–water partition coefficient (Wildman–Crippen LogP) is 4.66. The highest BCUT2D eigenvalue weighted by Gasteiger charge is 2.38. The second kappa shape index (κ2) is 5.16. The molecular formula is C19H18FNO. The molecule has 112 valence electrons. The topological polar surface area (TPSA) is 21.3 Å². The van der Waals surface area contributed by atoms with Gasteiger partial charge in [-0.05, 0) is 41.7 Å². The summed E-state index contributed by atoms with van der Waals surface area (Å²) in [5.41, 5.74) is 3.47. The Kier molecular flexibility index (Phi) is 3.14. The Morgan fingerprint density at radius 3 is 2.73 bits per heavy atom. The number of allylic oxidation sites excluding steroid dienone is 2. The van der Waals surface area contributed by atoms with Gasteiger partial charge in [0.1, 0.15) is 11.6 Å². The highest BCUT2D eigenvalue weighted by molar-refractivity contribution is 5.67. The minimum atomic E-state index is -0.196. The molecule has 1 aliphatic carbocycles. The number of halogens is 1. The van der Waals surface area contributed by atoms with Crippen LogP contribution >= 0.6 is 0 Å². The van der Waals surface area contributed by atoms with Gasteiger partial charge in [-0.2, -0.15) is 0 Å². The van der Waals surface area contributed by atoms with Crippen molar-refractivity contribution in [2.45, 2.75) is 18.4 Å². The van der Waals surface area contributed by atoms with Crippen molar-refractivity contribution in [2.24, 2.45) is 5.92 Å². The number of nitrogens with one attached hydrogen (secondary N) is 1. The third kappa shape index (κ3) is 2.00. The van der Waals surface area contributed by atoms with Crippen molar-refractivity contribution in [3.05, 3.63) is 71.6 Å². The summed E-state index contributed by atoms with van der Waals surface area (Å²) < 4.78 is 18.7. The normalized spacial score (nSPS) is 25.3. The molecule has 0 fully saturated rings. The van der Waals surface area contributed by atoms with Crippen LogP contribution < -0.4 is 10.1 Å². The van der Waals surface area contributed by atoms with Crippen molar-refractivity contribution in [3.8, 4) is 5.75 Å². The third-order valence-electron chi connectivity index (χ3n) is 4.81. The van der Waals surface area contributed by atoms with Crippen LogP contribution in [-0.4, -0.2) is 7.11 Å². The highest BCUT2D eigenvalue weighted by Crippen LogP contribution is 2.51. The lowest BCUT2D eigenvalue weighted by molar-refractivity contribution is 0.397. The molecule has 1 aliphatic heterocycles. The molecule has 3 heteroatoms. The molecule has 4 rings (SSSR count). The lowest BCUT2D eigenvalue weighted by Crippen LogP contribution is -2.29. The molecule has 0 saturated carbocycles. The van der Waals surface area contributed by atoms with Crippen molar-refractivity contribution in [3.63, 3.8) is 0 Å². The van der Waals surface area contributed by atoms with Crippen LogP contribution in [0, 0.1) is 11.7 Å². The molecule has 2 aromatic carbocycles. The fourth-order valence-corrected chi connectivity index (χ4v) is 3.76. The molecule has 0 saturated heterocycles. The van der Waals surface area contributed by atoms with E-state index in [4.69, 9.17) is 4.74 Å². The Labute approximate surface area is 129 Å². The first-order chi connectivity index (χ1) is 10.8. The van der Waals surface area contributed by atoms with Gasteiger partial charge in [0.25, 0.3) is 0 Å². The maximum Gasteiger partial charge on any atom is 0.142 e. The third-order valence-corrected chi connectivity index (χ3v) is 4.81. The largest absolute Gasteiger partial charge is 0.495 e. The van der Waals surface area contributed by atoms with Crippen LogP contribution in [0.15, 0.2) is 54.6 Å². The number of para-hydroxylation sites is 1. The first kappa shape index (κ1) is 13.4. The SMILES string of the molecule is COc1cccc2c1N[C@H](c1ccc(F)cc1)[C@H]1CC=C[C@@H]21. The molecule has 1 N–H and O–H groups in total. The number of anilines is 1. The summed E-state index contributed by atoms with van der Waals surface area (Å²) in [5, 5.41) is 3.64. The molecule has 0 bridgehead atoms. The molecule has 0 radical (unpaired) electrons. The zero-order valence-electron chi connectivity index (χ0n) is 12.4. The van der Waals surface area contributed by atoms with Gasteiger partial charge < -0.3 is 10.1 Å². The summed E-state index contributed by atoms with van der Waals surface area (Å²) in [6, 6.07) is 13.2. The van der Waals surface area contributed by atoms with Crippen molar-refractivity contribution < 1.29 is 9.13 Å². The number of hydrogen-bond donors (Lipinski definition) is 1. The fourth-order valence-electron chi connectivity index (χ4n) is 3.76. The molecule has 0 spiro atoms. The van der Waals surface area contributed by atoms with Crippen LogP contribution in [0.3, 0.4) is 0 Å². The monoisotopic (exact) mass is 295 g/mol. The molecule has 0 unspecified atom stereocenters. The van der Waals surface area contributed by atoms with E-state index in [1.165, 1.54) is 17.7 Å². The maximum absolute atomic E-state index is 13.2. The Hall–Kier alpha value is -2.29. The summed E-state index contributed by atoms with van der Waals surface area (Å²) in [4.78, 5) is 0. The first-order valence-corrected chi connectivity index (χ1v) is 7.63. The number of rotatable bonds is 2. The summed E-state index contributed by atoms with van der Waals surface area (Å²) in [6.07, 6.45) is 5.58. The van der Waals surface area contributed by atoms with Crippen molar-refractivity contribution in [1.82, 2.24) is 0 Å². The molecule has 0 aromatic heterocycles. The quantitative estimate of drug-likeness (QED) is 0.814. The molecule has 1 heterocycles. The van der Waals surface area contributed by atoms with Crippen LogP contribution in [0.4, 0.5) is 10.1 Å². The van der Waals surface area contributed by atoms with Crippen molar-refractivity contribution in [1.29, 1.82) is 0 Å². The van der Waals surface area contributed by atoms with E-state index in [-0.39, 0.29) is 11.9 Å². The number of methoxy groups -OCH3 is 1. The van der Waals surface area contributed by atoms with Gasteiger partial charge in [0.05, 0.1) is 18.8 Å². The summed E-state index contributed by atoms with van der Waals surface area (Å²) in [5.74, 6) is 1.52. The second-order valence-corrected chi connectivity index (χ2v) is 5.95. The first-order valence-electron chi connectivity index (χ1n) is 7.63. The van der Waals surface area contributed by atoms with Gasteiger partial charge in [0.2, 0.25) is 0 Å². The Morgan fingerprint density at radius 1 is 1.14 bits per heavy atom. The van der Waals surface area contributed by atoms with E-state index in [9.17, 15) is 4.39 Å². The van der Waals surface area contributed by atoms with Gasteiger partial charge in [-0.3, -0.25) is 0 Å². The van der Waals surface area contributed by atoms with Crippen LogP contribution in [0.1, 0.15) is 29.5 Å². The number of ether oxygens (including phenoxy) is 1. The number of benzene rings is 2. The predicted molar refractivity (Wildman–Crippen MR) is 85.7 cm³/mol. The molecule has 3 atom stereocenters. The molecule has 22 heavy (non-hydrogen) atoms. The van der Waals surface area contributed by atoms with Gasteiger partial charge in [-0.1, -0.05) is 36.4 Å². The highest BCUT2D eigenvalue weighted by atomic mass is 19.1. The second-order valence-electron chi connectivity index (χ2n) is 5.95. The average molecular weight is 295 g/mol. The Morgan fingerprint density at radius 2 is 1.95 bits per heavy atom. The van der Waals surface area contributed by atoms with Crippen LogP contribution in [-0.2, 0) is 0 Å². The van der Waals surface area contributed by atoms with Crippen LogP contribution in [0.2, 0.25) is 0 Å². The zero-order chi connectivity index (χ0) is 15.1. The molecule has 2 aliphatic rings. The van der Waals surface area contributed by atoms with E-state index in [0.717, 1.165) is 23.4 Å². The smallest absolute Gasteiger partial charge is 0.142 e. The van der Waals surface area contributed by atoms with Gasteiger partial charge in [0, 0.05) is 5.92 Å². The maximum atomic E-state index is 13.2. The minimum absolute atomic E-state index is 0.171.